The Labute approximate surface area is 119 Å². The molecule has 0 unspecified atom stereocenters. The third-order valence-electron chi connectivity index (χ3n) is 2.79. The van der Waals surface area contributed by atoms with Crippen molar-refractivity contribution in [2.75, 3.05) is 0 Å². The first-order chi connectivity index (χ1) is 9.52. The van der Waals surface area contributed by atoms with Gasteiger partial charge in [-0.1, -0.05) is 37.3 Å². The highest BCUT2D eigenvalue weighted by molar-refractivity contribution is 6.00. The molecule has 0 heterocycles. The number of carbonyl (C=O) groups is 2. The van der Waals surface area contributed by atoms with E-state index in [0.717, 1.165) is 5.56 Å². The van der Waals surface area contributed by atoms with Gasteiger partial charge in [0, 0.05) is 12.1 Å². The first-order valence-electron chi connectivity index (χ1n) is 6.69. The Morgan fingerprint density at radius 3 is 2.45 bits per heavy atom. The Balaban J connectivity index is 2.45. The van der Waals surface area contributed by atoms with E-state index in [9.17, 15) is 9.59 Å². The second-order valence-electron chi connectivity index (χ2n) is 4.61. The molecule has 0 aliphatic heterocycles. The Morgan fingerprint density at radius 1 is 1.20 bits per heavy atom. The van der Waals surface area contributed by atoms with E-state index in [0.29, 0.717) is 12.1 Å². The molecule has 2 N–H and O–H groups in total. The molecule has 0 radical (unpaired) electrons. The average molecular weight is 275 g/mol. The molecule has 1 rings (SSSR count). The molecule has 2 amide bonds. The van der Waals surface area contributed by atoms with Gasteiger partial charge in [-0.2, -0.15) is 5.10 Å². The molecule has 1 atom stereocenters. The minimum Gasteiger partial charge on any atom is -0.349 e. The molecule has 1 aromatic carbocycles. The van der Waals surface area contributed by atoms with Gasteiger partial charge >= 0.3 is 0 Å². The van der Waals surface area contributed by atoms with Crippen molar-refractivity contribution in [3.8, 4) is 0 Å². The second kappa shape index (κ2) is 8.09. The lowest BCUT2D eigenvalue weighted by atomic mass is 10.1. The molecule has 0 spiro atoms. The van der Waals surface area contributed by atoms with Gasteiger partial charge in [0.2, 0.25) is 11.8 Å². The zero-order valence-electron chi connectivity index (χ0n) is 12.1. The van der Waals surface area contributed by atoms with Crippen LogP contribution in [0.3, 0.4) is 0 Å². The number of amides is 2. The molecule has 20 heavy (non-hydrogen) atoms. The van der Waals surface area contributed by atoms with Crippen LogP contribution in [-0.4, -0.2) is 17.5 Å². The van der Waals surface area contributed by atoms with E-state index in [4.69, 9.17) is 0 Å². The van der Waals surface area contributed by atoms with Crippen LogP contribution in [0.2, 0.25) is 0 Å². The summed E-state index contributed by atoms with van der Waals surface area (Å²) in [5, 5.41) is 6.77. The summed E-state index contributed by atoms with van der Waals surface area (Å²) in [6.07, 6.45) is 0.537. The molecule has 0 fully saturated rings. The molecule has 5 nitrogen and oxygen atoms in total. The Bertz CT molecular complexity index is 483. The molecule has 0 aromatic heterocycles. The van der Waals surface area contributed by atoms with Gasteiger partial charge in [-0.15, -0.1) is 0 Å². The van der Waals surface area contributed by atoms with Gasteiger partial charge in [0.05, 0.1) is 12.5 Å². The molecule has 0 bridgehead atoms. The number of carbonyl (C=O) groups excluding carboxylic acids is 2. The van der Waals surface area contributed by atoms with Crippen molar-refractivity contribution in [2.45, 2.75) is 39.7 Å². The van der Waals surface area contributed by atoms with E-state index >= 15 is 0 Å². The summed E-state index contributed by atoms with van der Waals surface area (Å²) in [6.45, 7) is 5.38. The Kier molecular flexibility index (Phi) is 6.43. The van der Waals surface area contributed by atoms with Crippen molar-refractivity contribution >= 4 is 17.5 Å². The number of nitrogens with zero attached hydrogens (tertiary/aromatic N) is 1. The average Bonchev–Trinajstić information content (AvgIpc) is 2.45. The molecule has 5 heteroatoms. The summed E-state index contributed by atoms with van der Waals surface area (Å²) in [7, 11) is 0. The zero-order valence-corrected chi connectivity index (χ0v) is 12.1. The molecule has 1 aromatic rings. The summed E-state index contributed by atoms with van der Waals surface area (Å²) < 4.78 is 0. The topological polar surface area (TPSA) is 70.6 Å². The van der Waals surface area contributed by atoms with E-state index in [1.54, 1.807) is 13.8 Å². The van der Waals surface area contributed by atoms with Gasteiger partial charge < -0.3 is 5.32 Å². The van der Waals surface area contributed by atoms with Crippen molar-refractivity contribution < 1.29 is 9.59 Å². The third kappa shape index (κ3) is 5.65. The molecule has 0 saturated carbocycles. The number of nitrogens with one attached hydrogen (secondary N) is 2. The van der Waals surface area contributed by atoms with Crippen LogP contribution in [0.5, 0.6) is 0 Å². The van der Waals surface area contributed by atoms with Crippen molar-refractivity contribution in [1.29, 1.82) is 0 Å². The quantitative estimate of drug-likeness (QED) is 0.617. The van der Waals surface area contributed by atoms with Crippen LogP contribution in [0, 0.1) is 0 Å². The fourth-order valence-corrected chi connectivity index (χ4v) is 1.63. The molecular formula is C15H21N3O2. The summed E-state index contributed by atoms with van der Waals surface area (Å²) in [4.78, 5) is 22.9. The van der Waals surface area contributed by atoms with Crippen molar-refractivity contribution in [1.82, 2.24) is 10.7 Å². The first kappa shape index (κ1) is 15.9. The maximum atomic E-state index is 11.8. The van der Waals surface area contributed by atoms with Gasteiger partial charge in [-0.25, -0.2) is 5.43 Å². The standard InChI is InChI=1S/C15H21N3O2/c1-4-14(19)18-17-11(2)10-15(20)16-12(3)13-8-6-5-7-9-13/h5-9,12H,4,10H2,1-3H3,(H,16,20)(H,18,19)/t12-/m1/s1. The minimum atomic E-state index is -0.164. The smallest absolute Gasteiger partial charge is 0.239 e. The Hall–Kier alpha value is -2.17. The molecule has 108 valence electrons. The van der Waals surface area contributed by atoms with Gasteiger partial charge in [0.25, 0.3) is 0 Å². The van der Waals surface area contributed by atoms with Gasteiger partial charge in [0.1, 0.15) is 0 Å². The van der Waals surface area contributed by atoms with E-state index < -0.39 is 0 Å². The summed E-state index contributed by atoms with van der Waals surface area (Å²) >= 11 is 0. The predicted molar refractivity (Wildman–Crippen MR) is 79.2 cm³/mol. The molecular weight excluding hydrogens is 254 g/mol. The van der Waals surface area contributed by atoms with Gasteiger partial charge in [-0.05, 0) is 19.4 Å². The Morgan fingerprint density at radius 2 is 1.85 bits per heavy atom. The summed E-state index contributed by atoms with van der Waals surface area (Å²) in [6, 6.07) is 9.68. The highest BCUT2D eigenvalue weighted by Gasteiger charge is 2.10. The van der Waals surface area contributed by atoms with Crippen LogP contribution in [0.1, 0.15) is 45.2 Å². The van der Waals surface area contributed by atoms with Crippen molar-refractivity contribution in [3.63, 3.8) is 0 Å². The van der Waals surface area contributed by atoms with Crippen LogP contribution in [0.4, 0.5) is 0 Å². The molecule has 0 saturated heterocycles. The van der Waals surface area contributed by atoms with Crippen molar-refractivity contribution in [2.24, 2.45) is 5.10 Å². The van der Waals surface area contributed by atoms with Crippen molar-refractivity contribution in [3.05, 3.63) is 35.9 Å². The highest BCUT2D eigenvalue weighted by Crippen LogP contribution is 2.11. The maximum Gasteiger partial charge on any atom is 0.239 e. The number of benzene rings is 1. The summed E-state index contributed by atoms with van der Waals surface area (Å²) in [5.74, 6) is -0.282. The van der Waals surface area contributed by atoms with E-state index in [-0.39, 0.29) is 24.3 Å². The van der Waals surface area contributed by atoms with Crippen LogP contribution in [0.25, 0.3) is 0 Å². The van der Waals surface area contributed by atoms with E-state index in [2.05, 4.69) is 15.8 Å². The van der Waals surface area contributed by atoms with Crippen LogP contribution < -0.4 is 10.7 Å². The lowest BCUT2D eigenvalue weighted by molar-refractivity contribution is -0.121. The lowest BCUT2D eigenvalue weighted by Crippen LogP contribution is -2.28. The minimum absolute atomic E-state index is 0.0540. The SMILES string of the molecule is CCC(=O)NN=C(C)CC(=O)N[C@H](C)c1ccccc1. The van der Waals surface area contributed by atoms with E-state index in [1.165, 1.54) is 0 Å². The largest absolute Gasteiger partial charge is 0.349 e. The zero-order chi connectivity index (χ0) is 15.0. The van der Waals surface area contributed by atoms with E-state index in [1.807, 2.05) is 37.3 Å². The van der Waals surface area contributed by atoms with Crippen LogP contribution >= 0.6 is 0 Å². The number of hydrogen-bond acceptors (Lipinski definition) is 3. The number of hydrazone groups is 1. The van der Waals surface area contributed by atoms with Gasteiger partial charge in [-0.3, -0.25) is 9.59 Å². The molecule has 0 aliphatic carbocycles. The second-order valence-corrected chi connectivity index (χ2v) is 4.61. The fourth-order valence-electron chi connectivity index (χ4n) is 1.63. The first-order valence-corrected chi connectivity index (χ1v) is 6.69. The lowest BCUT2D eigenvalue weighted by Gasteiger charge is -2.14. The van der Waals surface area contributed by atoms with Crippen LogP contribution in [0.15, 0.2) is 35.4 Å². The maximum absolute atomic E-state index is 11.8. The summed E-state index contributed by atoms with van der Waals surface area (Å²) in [5.41, 5.74) is 4.02. The fraction of sp³-hybridized carbons (Fsp3) is 0.400. The predicted octanol–water partition coefficient (Wildman–Crippen LogP) is 2.16. The monoisotopic (exact) mass is 275 g/mol. The third-order valence-corrected chi connectivity index (χ3v) is 2.79. The number of hydrogen-bond donors (Lipinski definition) is 2. The highest BCUT2D eigenvalue weighted by atomic mass is 16.2. The normalized spacial score (nSPS) is 12.7. The number of rotatable bonds is 6. The van der Waals surface area contributed by atoms with Crippen LogP contribution in [-0.2, 0) is 9.59 Å². The molecule has 0 aliphatic rings. The van der Waals surface area contributed by atoms with Gasteiger partial charge in [0.15, 0.2) is 0 Å².